The van der Waals surface area contributed by atoms with Gasteiger partial charge in [-0.05, 0) is 66.5 Å². The van der Waals surface area contributed by atoms with Gasteiger partial charge in [-0.2, -0.15) is 5.10 Å². The summed E-state index contributed by atoms with van der Waals surface area (Å²) in [4.78, 5) is 14.1. The Morgan fingerprint density at radius 2 is 2.22 bits per heavy atom. The minimum Gasteiger partial charge on any atom is -0.354 e. The van der Waals surface area contributed by atoms with Crippen molar-refractivity contribution in [3.63, 3.8) is 0 Å². The molecule has 0 radical (unpaired) electrons. The van der Waals surface area contributed by atoms with Crippen LogP contribution >= 0.6 is 39.7 Å². The summed E-state index contributed by atoms with van der Waals surface area (Å²) in [6.07, 6.45) is 6.02. The lowest BCUT2D eigenvalue weighted by atomic mass is 9.87. The van der Waals surface area contributed by atoms with Gasteiger partial charge in [0.15, 0.2) is 0 Å². The third-order valence-corrected chi connectivity index (χ3v) is 5.77. The third kappa shape index (κ3) is 4.15. The molecule has 1 saturated heterocycles. The van der Waals surface area contributed by atoms with Gasteiger partial charge in [0.1, 0.15) is 5.54 Å². The van der Waals surface area contributed by atoms with E-state index in [-0.39, 0.29) is 18.3 Å². The lowest BCUT2D eigenvalue weighted by molar-refractivity contribution is -0.131. The molecular formula is C15H20BrClN4OS. The normalized spacial score (nSPS) is 16.6. The van der Waals surface area contributed by atoms with Crippen LogP contribution < -0.4 is 10.6 Å². The molecule has 1 aliphatic rings. The van der Waals surface area contributed by atoms with Crippen molar-refractivity contribution < 1.29 is 4.79 Å². The quantitative estimate of drug-likeness (QED) is 0.783. The van der Waals surface area contributed by atoms with Crippen molar-refractivity contribution >= 4 is 45.6 Å². The molecule has 1 aliphatic heterocycles. The Balaban J connectivity index is 0.00000192. The summed E-state index contributed by atoms with van der Waals surface area (Å²) >= 11 is 5.17. The highest BCUT2D eigenvalue weighted by Crippen LogP contribution is 2.27. The summed E-state index contributed by atoms with van der Waals surface area (Å²) in [6.45, 7) is 2.33. The largest absolute Gasteiger partial charge is 0.354 e. The number of piperidine rings is 1. The topological polar surface area (TPSA) is 59.0 Å². The number of thiophene rings is 1. The first kappa shape index (κ1) is 18.4. The van der Waals surface area contributed by atoms with Gasteiger partial charge in [0.2, 0.25) is 5.91 Å². The van der Waals surface area contributed by atoms with E-state index in [4.69, 9.17) is 0 Å². The molecule has 0 aromatic carbocycles. The molecule has 0 saturated carbocycles. The molecule has 0 atom stereocenters. The van der Waals surface area contributed by atoms with Crippen LogP contribution in [0.15, 0.2) is 34.4 Å². The van der Waals surface area contributed by atoms with Gasteiger partial charge < -0.3 is 10.6 Å². The molecule has 5 nitrogen and oxygen atoms in total. The van der Waals surface area contributed by atoms with Crippen LogP contribution in [0.25, 0.3) is 0 Å². The van der Waals surface area contributed by atoms with E-state index < -0.39 is 5.54 Å². The molecule has 2 aromatic rings. The standard InChI is InChI=1S/C15H19BrN4OS.ClH/c16-13-3-2-12(22-13)4-8-18-14(21)15(5-9-17-10-6-15)20-11-1-7-19-20;/h1-3,7,11,17H,4-6,8-10H2,(H,18,21);1H. The number of amides is 1. The SMILES string of the molecule is Cl.O=C(NCCc1ccc(Br)s1)C1(n2cccn2)CCNCC1. The highest BCUT2D eigenvalue weighted by atomic mass is 79.9. The molecule has 8 heteroatoms. The fourth-order valence-corrected chi connectivity index (χ4v) is 4.36. The van der Waals surface area contributed by atoms with Gasteiger partial charge in [-0.15, -0.1) is 23.7 Å². The van der Waals surface area contributed by atoms with Crippen molar-refractivity contribution in [2.45, 2.75) is 24.8 Å². The predicted octanol–water partition coefficient (Wildman–Crippen LogP) is 2.57. The highest BCUT2D eigenvalue weighted by Gasteiger charge is 2.41. The average Bonchev–Trinajstić information content (AvgIpc) is 3.20. The molecule has 3 heterocycles. The summed E-state index contributed by atoms with van der Waals surface area (Å²) in [5.74, 6) is 0.0771. The Morgan fingerprint density at radius 3 is 2.83 bits per heavy atom. The zero-order chi connectivity index (χ0) is 15.4. The van der Waals surface area contributed by atoms with Crippen LogP contribution in [0.4, 0.5) is 0 Å². The first-order chi connectivity index (χ1) is 10.7. The number of carbonyl (C=O) groups excluding carboxylic acids is 1. The zero-order valence-corrected chi connectivity index (χ0v) is 15.8. The predicted molar refractivity (Wildman–Crippen MR) is 98.3 cm³/mol. The van der Waals surface area contributed by atoms with Crippen molar-refractivity contribution in [1.82, 2.24) is 20.4 Å². The number of hydrogen-bond donors (Lipinski definition) is 2. The van der Waals surface area contributed by atoms with Crippen molar-refractivity contribution in [1.29, 1.82) is 0 Å². The zero-order valence-electron chi connectivity index (χ0n) is 12.6. The number of nitrogens with one attached hydrogen (secondary N) is 2. The molecule has 2 aromatic heterocycles. The Kier molecular flexibility index (Phi) is 6.64. The van der Waals surface area contributed by atoms with Gasteiger partial charge in [0.05, 0.1) is 3.79 Å². The van der Waals surface area contributed by atoms with Gasteiger partial charge in [-0.1, -0.05) is 0 Å². The minimum atomic E-state index is -0.551. The molecule has 1 amide bonds. The van der Waals surface area contributed by atoms with Crippen LogP contribution in [0.3, 0.4) is 0 Å². The van der Waals surface area contributed by atoms with Crippen molar-refractivity contribution in [3.8, 4) is 0 Å². The fraction of sp³-hybridized carbons (Fsp3) is 0.467. The van der Waals surface area contributed by atoms with Crippen molar-refractivity contribution in [2.24, 2.45) is 0 Å². The molecular weight excluding hydrogens is 400 g/mol. The van der Waals surface area contributed by atoms with E-state index in [1.54, 1.807) is 17.5 Å². The Bertz CT molecular complexity index is 625. The molecule has 126 valence electrons. The van der Waals surface area contributed by atoms with Crippen molar-refractivity contribution in [3.05, 3.63) is 39.3 Å². The van der Waals surface area contributed by atoms with Crippen LogP contribution in [0.2, 0.25) is 0 Å². The maximum Gasteiger partial charge on any atom is 0.248 e. The monoisotopic (exact) mass is 418 g/mol. The summed E-state index contributed by atoms with van der Waals surface area (Å²) in [5.41, 5.74) is -0.551. The van der Waals surface area contributed by atoms with Crippen LogP contribution in [0, 0.1) is 0 Å². The summed E-state index contributed by atoms with van der Waals surface area (Å²) in [5, 5.41) is 10.7. The molecule has 0 spiro atoms. The van der Waals surface area contributed by atoms with E-state index in [1.165, 1.54) is 4.88 Å². The molecule has 0 unspecified atom stereocenters. The smallest absolute Gasteiger partial charge is 0.248 e. The lowest BCUT2D eigenvalue weighted by Gasteiger charge is -2.36. The maximum atomic E-state index is 12.8. The number of rotatable bonds is 5. The van der Waals surface area contributed by atoms with E-state index in [0.29, 0.717) is 6.54 Å². The van der Waals surface area contributed by atoms with E-state index in [1.807, 2.05) is 23.0 Å². The summed E-state index contributed by atoms with van der Waals surface area (Å²) in [6, 6.07) is 6.01. The van der Waals surface area contributed by atoms with E-state index in [2.05, 4.69) is 37.7 Å². The van der Waals surface area contributed by atoms with Gasteiger partial charge in [-0.3, -0.25) is 9.48 Å². The highest BCUT2D eigenvalue weighted by molar-refractivity contribution is 9.11. The van der Waals surface area contributed by atoms with Gasteiger partial charge in [0.25, 0.3) is 0 Å². The molecule has 0 bridgehead atoms. The van der Waals surface area contributed by atoms with Crippen LogP contribution in [0.5, 0.6) is 0 Å². The fourth-order valence-electron chi connectivity index (χ4n) is 2.87. The van der Waals surface area contributed by atoms with Gasteiger partial charge >= 0.3 is 0 Å². The number of hydrogen-bond acceptors (Lipinski definition) is 4. The Labute approximate surface area is 154 Å². The van der Waals surface area contributed by atoms with Gasteiger partial charge in [-0.25, -0.2) is 0 Å². The lowest BCUT2D eigenvalue weighted by Crippen LogP contribution is -2.54. The first-order valence-corrected chi connectivity index (χ1v) is 9.05. The second-order valence-corrected chi connectivity index (χ2v) is 7.99. The number of aromatic nitrogens is 2. The molecule has 2 N–H and O–H groups in total. The number of carbonyl (C=O) groups is 1. The number of nitrogens with zero attached hydrogens (tertiary/aromatic N) is 2. The maximum absolute atomic E-state index is 12.8. The van der Waals surface area contributed by atoms with Crippen LogP contribution in [-0.4, -0.2) is 35.3 Å². The van der Waals surface area contributed by atoms with Gasteiger partial charge in [0, 0.05) is 23.8 Å². The Hall–Kier alpha value is -0.890. The minimum absolute atomic E-state index is 0. The number of halogens is 2. The van der Waals surface area contributed by atoms with Crippen LogP contribution in [0.1, 0.15) is 17.7 Å². The second kappa shape index (κ2) is 8.28. The van der Waals surface area contributed by atoms with Crippen LogP contribution in [-0.2, 0) is 16.8 Å². The van der Waals surface area contributed by atoms with E-state index in [0.717, 1.165) is 36.1 Å². The van der Waals surface area contributed by atoms with Crippen molar-refractivity contribution in [2.75, 3.05) is 19.6 Å². The second-order valence-electron chi connectivity index (χ2n) is 5.44. The van der Waals surface area contributed by atoms with E-state index in [9.17, 15) is 4.79 Å². The molecule has 3 rings (SSSR count). The molecule has 0 aliphatic carbocycles. The molecule has 1 fully saturated rings. The molecule has 23 heavy (non-hydrogen) atoms. The van der Waals surface area contributed by atoms with E-state index >= 15 is 0 Å². The first-order valence-electron chi connectivity index (χ1n) is 7.44. The third-order valence-electron chi connectivity index (χ3n) is 4.08. The summed E-state index contributed by atoms with van der Waals surface area (Å²) < 4.78 is 2.95. The summed E-state index contributed by atoms with van der Waals surface area (Å²) in [7, 11) is 0. The average molecular weight is 420 g/mol. The Morgan fingerprint density at radius 1 is 1.43 bits per heavy atom.